The summed E-state index contributed by atoms with van der Waals surface area (Å²) in [5.74, 6) is 0.768. The molecule has 0 aliphatic heterocycles. The maximum Gasteiger partial charge on any atom is 0.0863 e. The lowest BCUT2D eigenvalue weighted by molar-refractivity contribution is -0.00892. The first-order valence-corrected chi connectivity index (χ1v) is 7.44. The lowest BCUT2D eigenvalue weighted by Gasteiger charge is -2.43. The SMILES string of the molecule is Cc1cccc(C)c1C(O)C1(CN)CCC(C)CC1. The Morgan fingerprint density at radius 1 is 1.26 bits per heavy atom. The molecule has 0 bridgehead atoms. The van der Waals surface area contributed by atoms with Crippen molar-refractivity contribution in [3.63, 3.8) is 0 Å². The van der Waals surface area contributed by atoms with E-state index in [9.17, 15) is 5.11 Å². The zero-order valence-electron chi connectivity index (χ0n) is 12.4. The number of aliphatic hydroxyl groups is 1. The van der Waals surface area contributed by atoms with E-state index < -0.39 is 6.10 Å². The molecular weight excluding hydrogens is 234 g/mol. The smallest absolute Gasteiger partial charge is 0.0863 e. The molecule has 2 rings (SSSR count). The fourth-order valence-corrected chi connectivity index (χ4v) is 3.49. The van der Waals surface area contributed by atoms with E-state index in [1.54, 1.807) is 0 Å². The third kappa shape index (κ3) is 2.70. The Morgan fingerprint density at radius 2 is 1.79 bits per heavy atom. The van der Waals surface area contributed by atoms with Gasteiger partial charge in [0.05, 0.1) is 6.10 Å². The molecule has 2 nitrogen and oxygen atoms in total. The molecule has 1 unspecified atom stereocenters. The fourth-order valence-electron chi connectivity index (χ4n) is 3.49. The van der Waals surface area contributed by atoms with Crippen molar-refractivity contribution in [1.82, 2.24) is 0 Å². The molecule has 3 N–H and O–H groups in total. The zero-order chi connectivity index (χ0) is 14.0. The lowest BCUT2D eigenvalue weighted by atomic mass is 9.65. The van der Waals surface area contributed by atoms with Crippen LogP contribution < -0.4 is 5.73 Å². The number of nitrogens with two attached hydrogens (primary N) is 1. The maximum absolute atomic E-state index is 11.0. The van der Waals surface area contributed by atoms with Crippen molar-refractivity contribution in [2.45, 2.75) is 52.6 Å². The molecule has 0 spiro atoms. The van der Waals surface area contributed by atoms with Crippen LogP contribution in [0.4, 0.5) is 0 Å². The number of aliphatic hydroxyl groups excluding tert-OH is 1. The molecule has 0 heterocycles. The molecule has 0 radical (unpaired) electrons. The highest BCUT2D eigenvalue weighted by molar-refractivity contribution is 5.36. The molecule has 0 aromatic heterocycles. The topological polar surface area (TPSA) is 46.2 Å². The van der Waals surface area contributed by atoms with Gasteiger partial charge in [-0.15, -0.1) is 0 Å². The van der Waals surface area contributed by atoms with E-state index in [4.69, 9.17) is 5.73 Å². The van der Waals surface area contributed by atoms with Crippen LogP contribution in [-0.2, 0) is 0 Å². The van der Waals surface area contributed by atoms with Gasteiger partial charge in [-0.05, 0) is 49.3 Å². The third-order valence-corrected chi connectivity index (χ3v) is 5.07. The molecule has 1 fully saturated rings. The molecule has 1 aliphatic rings. The average Bonchev–Trinajstić information content (AvgIpc) is 2.39. The van der Waals surface area contributed by atoms with Gasteiger partial charge in [0.25, 0.3) is 0 Å². The highest BCUT2D eigenvalue weighted by Gasteiger charge is 2.41. The Bertz CT molecular complexity index is 413. The van der Waals surface area contributed by atoms with Gasteiger partial charge in [-0.1, -0.05) is 38.0 Å². The average molecular weight is 261 g/mol. The predicted molar refractivity (Wildman–Crippen MR) is 80.0 cm³/mol. The van der Waals surface area contributed by atoms with E-state index in [0.29, 0.717) is 6.54 Å². The van der Waals surface area contributed by atoms with Crippen LogP contribution in [0.5, 0.6) is 0 Å². The van der Waals surface area contributed by atoms with Crippen LogP contribution in [0.1, 0.15) is 55.4 Å². The minimum atomic E-state index is -0.425. The van der Waals surface area contributed by atoms with Crippen molar-refractivity contribution < 1.29 is 5.11 Å². The highest BCUT2D eigenvalue weighted by atomic mass is 16.3. The van der Waals surface area contributed by atoms with Crippen LogP contribution in [0.2, 0.25) is 0 Å². The predicted octanol–water partition coefficient (Wildman–Crippen LogP) is 3.49. The largest absolute Gasteiger partial charge is 0.388 e. The van der Waals surface area contributed by atoms with Crippen molar-refractivity contribution in [3.8, 4) is 0 Å². The summed E-state index contributed by atoms with van der Waals surface area (Å²) < 4.78 is 0. The molecule has 0 amide bonds. The molecule has 1 aliphatic carbocycles. The van der Waals surface area contributed by atoms with Gasteiger partial charge in [0.1, 0.15) is 0 Å². The van der Waals surface area contributed by atoms with Gasteiger partial charge in [0.15, 0.2) is 0 Å². The van der Waals surface area contributed by atoms with Crippen LogP contribution in [0.15, 0.2) is 18.2 Å². The molecule has 19 heavy (non-hydrogen) atoms. The van der Waals surface area contributed by atoms with Crippen LogP contribution in [-0.4, -0.2) is 11.7 Å². The number of aryl methyl sites for hydroxylation is 2. The number of hydrogen-bond acceptors (Lipinski definition) is 2. The van der Waals surface area contributed by atoms with Crippen molar-refractivity contribution in [3.05, 3.63) is 34.9 Å². The van der Waals surface area contributed by atoms with E-state index in [0.717, 1.165) is 24.3 Å². The summed E-state index contributed by atoms with van der Waals surface area (Å²) in [6.07, 6.45) is 4.02. The van der Waals surface area contributed by atoms with Gasteiger partial charge in [0.2, 0.25) is 0 Å². The minimum absolute atomic E-state index is 0.122. The summed E-state index contributed by atoms with van der Waals surface area (Å²) in [5, 5.41) is 11.0. The van der Waals surface area contributed by atoms with Crippen molar-refractivity contribution in [2.24, 2.45) is 17.1 Å². The van der Waals surface area contributed by atoms with Crippen LogP contribution in [0, 0.1) is 25.2 Å². The zero-order valence-corrected chi connectivity index (χ0v) is 12.4. The van der Waals surface area contributed by atoms with Crippen molar-refractivity contribution >= 4 is 0 Å². The normalized spacial score (nSPS) is 29.2. The molecule has 1 atom stereocenters. The molecule has 1 aromatic carbocycles. The lowest BCUT2D eigenvalue weighted by Crippen LogP contribution is -2.40. The Labute approximate surface area is 117 Å². The second-order valence-corrected chi connectivity index (χ2v) is 6.46. The van der Waals surface area contributed by atoms with Gasteiger partial charge < -0.3 is 10.8 Å². The molecule has 2 heteroatoms. The van der Waals surface area contributed by atoms with E-state index >= 15 is 0 Å². The van der Waals surface area contributed by atoms with E-state index in [1.807, 2.05) is 0 Å². The Hall–Kier alpha value is -0.860. The Kier molecular flexibility index (Phi) is 4.32. The summed E-state index contributed by atoms with van der Waals surface area (Å²) in [6, 6.07) is 6.22. The summed E-state index contributed by atoms with van der Waals surface area (Å²) >= 11 is 0. The quantitative estimate of drug-likeness (QED) is 0.875. The monoisotopic (exact) mass is 261 g/mol. The van der Waals surface area contributed by atoms with Crippen LogP contribution >= 0.6 is 0 Å². The van der Waals surface area contributed by atoms with Crippen LogP contribution in [0.3, 0.4) is 0 Å². The van der Waals surface area contributed by atoms with Gasteiger partial charge >= 0.3 is 0 Å². The molecule has 1 saturated carbocycles. The Balaban J connectivity index is 2.33. The van der Waals surface area contributed by atoms with E-state index in [2.05, 4.69) is 39.0 Å². The molecule has 106 valence electrons. The second kappa shape index (κ2) is 5.64. The minimum Gasteiger partial charge on any atom is -0.388 e. The molecule has 0 saturated heterocycles. The second-order valence-electron chi connectivity index (χ2n) is 6.46. The highest BCUT2D eigenvalue weighted by Crippen LogP contribution is 2.47. The first kappa shape index (κ1) is 14.5. The first-order valence-electron chi connectivity index (χ1n) is 7.44. The van der Waals surface area contributed by atoms with Crippen LogP contribution in [0.25, 0.3) is 0 Å². The summed E-state index contributed by atoms with van der Waals surface area (Å²) in [6.45, 7) is 7.04. The van der Waals surface area contributed by atoms with Gasteiger partial charge in [0, 0.05) is 12.0 Å². The molecule has 1 aromatic rings. The number of benzene rings is 1. The Morgan fingerprint density at radius 3 is 2.26 bits per heavy atom. The van der Waals surface area contributed by atoms with Gasteiger partial charge in [-0.2, -0.15) is 0 Å². The third-order valence-electron chi connectivity index (χ3n) is 5.07. The summed E-state index contributed by atoms with van der Waals surface area (Å²) in [4.78, 5) is 0. The van der Waals surface area contributed by atoms with Crippen molar-refractivity contribution in [1.29, 1.82) is 0 Å². The van der Waals surface area contributed by atoms with Crippen molar-refractivity contribution in [2.75, 3.05) is 6.54 Å². The summed E-state index contributed by atoms with van der Waals surface area (Å²) in [5.41, 5.74) is 9.40. The first-order chi connectivity index (χ1) is 9.00. The van der Waals surface area contributed by atoms with Gasteiger partial charge in [-0.3, -0.25) is 0 Å². The standard InChI is InChI=1S/C17H27NO/c1-12-7-9-17(11-18,10-8-12)16(19)15-13(2)5-4-6-14(15)3/h4-6,12,16,19H,7-11,18H2,1-3H3. The summed E-state index contributed by atoms with van der Waals surface area (Å²) in [7, 11) is 0. The molecular formula is C17H27NO. The van der Waals surface area contributed by atoms with E-state index in [1.165, 1.54) is 24.0 Å². The fraction of sp³-hybridized carbons (Fsp3) is 0.647. The maximum atomic E-state index is 11.0. The number of hydrogen-bond donors (Lipinski definition) is 2. The number of rotatable bonds is 3. The van der Waals surface area contributed by atoms with E-state index in [-0.39, 0.29) is 5.41 Å². The van der Waals surface area contributed by atoms with Gasteiger partial charge in [-0.25, -0.2) is 0 Å².